The Morgan fingerprint density at radius 3 is 2.53 bits per heavy atom. The lowest BCUT2D eigenvalue weighted by Crippen LogP contribution is -2.47. The Labute approximate surface area is 177 Å². The number of fused-ring (bicyclic) bond motifs is 1. The lowest BCUT2D eigenvalue weighted by atomic mass is 10.00. The van der Waals surface area contributed by atoms with Gasteiger partial charge < -0.3 is 9.47 Å². The molecule has 0 saturated heterocycles. The summed E-state index contributed by atoms with van der Waals surface area (Å²) in [5, 5.41) is 8.03. The molecule has 0 bridgehead atoms. The van der Waals surface area contributed by atoms with E-state index in [9.17, 15) is 9.59 Å². The number of esters is 2. The van der Waals surface area contributed by atoms with Gasteiger partial charge in [-0.25, -0.2) is 14.6 Å². The van der Waals surface area contributed by atoms with Crippen LogP contribution < -0.4 is 5.01 Å². The van der Waals surface area contributed by atoms with Crippen LogP contribution in [-0.2, 0) is 19.1 Å². The number of guanidine groups is 1. The van der Waals surface area contributed by atoms with Crippen molar-refractivity contribution in [1.82, 2.24) is 4.90 Å². The van der Waals surface area contributed by atoms with Crippen LogP contribution in [0.4, 0.5) is 5.69 Å². The second-order valence-corrected chi connectivity index (χ2v) is 7.46. The normalized spacial score (nSPS) is 18.0. The van der Waals surface area contributed by atoms with Gasteiger partial charge in [0.05, 0.1) is 30.7 Å². The van der Waals surface area contributed by atoms with Crippen LogP contribution in [0.25, 0.3) is 0 Å². The lowest BCUT2D eigenvalue weighted by Gasteiger charge is -2.34. The Balaban J connectivity index is 1.92. The monoisotopic (exact) mass is 424 g/mol. The van der Waals surface area contributed by atoms with Gasteiger partial charge in [0.15, 0.2) is 0 Å². The number of rotatable bonds is 5. The first-order chi connectivity index (χ1) is 14.6. The maximum absolute atomic E-state index is 12.8. The summed E-state index contributed by atoms with van der Waals surface area (Å²) in [4.78, 5) is 32.6. The summed E-state index contributed by atoms with van der Waals surface area (Å²) in [6, 6.07) is 12.6. The van der Waals surface area contributed by atoms with Crippen LogP contribution in [0.5, 0.6) is 0 Å². The van der Waals surface area contributed by atoms with Crippen LogP contribution in [0.15, 0.2) is 69.2 Å². The standard InChI is InChI=1S/C21H20N4O4S/c1-4-29-20(27)18-23-25(14-9-6-5-7-10-14)21-22-13(2)16(19(26)28-3)17(24(18)21)15-11-8-12-30-15/h5-12,17H,4H2,1-3H3/t17-/m0/s1. The smallest absolute Gasteiger partial charge is 0.376 e. The number of thiophene rings is 1. The van der Waals surface area contributed by atoms with Gasteiger partial charge in [-0.2, -0.15) is 5.01 Å². The summed E-state index contributed by atoms with van der Waals surface area (Å²) >= 11 is 1.47. The number of carbonyl (C=O) groups is 2. The zero-order valence-corrected chi connectivity index (χ0v) is 17.5. The summed E-state index contributed by atoms with van der Waals surface area (Å²) in [6.07, 6.45) is 0. The van der Waals surface area contributed by atoms with Crippen LogP contribution in [-0.4, -0.2) is 42.4 Å². The Kier molecular flexibility index (Phi) is 5.37. The molecule has 154 valence electrons. The molecule has 0 unspecified atom stereocenters. The zero-order valence-electron chi connectivity index (χ0n) is 16.7. The number of anilines is 1. The van der Waals surface area contributed by atoms with E-state index in [-0.39, 0.29) is 12.4 Å². The minimum Gasteiger partial charge on any atom is -0.466 e. The van der Waals surface area contributed by atoms with Gasteiger partial charge in [-0.05, 0) is 37.4 Å². The van der Waals surface area contributed by atoms with Crippen molar-refractivity contribution < 1.29 is 19.1 Å². The molecular weight excluding hydrogens is 404 g/mol. The Hall–Kier alpha value is -3.46. The van der Waals surface area contributed by atoms with Gasteiger partial charge in [-0.1, -0.05) is 24.3 Å². The first kappa shape index (κ1) is 19.8. The highest BCUT2D eigenvalue weighted by Gasteiger charge is 2.47. The summed E-state index contributed by atoms with van der Waals surface area (Å²) in [5.41, 5.74) is 1.60. The number of hydrogen-bond donors (Lipinski definition) is 0. The third-order valence-electron chi connectivity index (χ3n) is 4.69. The number of allylic oxidation sites excluding steroid dienone is 1. The van der Waals surface area contributed by atoms with Crippen LogP contribution in [0.3, 0.4) is 0 Å². The molecule has 0 N–H and O–H groups in total. The molecule has 2 aliphatic heterocycles. The first-order valence-corrected chi connectivity index (χ1v) is 10.3. The van der Waals surface area contributed by atoms with Crippen molar-refractivity contribution in [3.63, 3.8) is 0 Å². The Morgan fingerprint density at radius 2 is 1.90 bits per heavy atom. The average Bonchev–Trinajstić information content (AvgIpc) is 3.41. The number of aliphatic imine (C=N–C) groups is 1. The van der Waals surface area contributed by atoms with E-state index in [0.717, 1.165) is 10.6 Å². The van der Waals surface area contributed by atoms with Crippen LogP contribution >= 0.6 is 11.3 Å². The Bertz CT molecular complexity index is 1060. The molecule has 3 heterocycles. The number of hydrazone groups is 1. The predicted octanol–water partition coefficient (Wildman–Crippen LogP) is 3.30. The van der Waals surface area contributed by atoms with Crippen molar-refractivity contribution in [1.29, 1.82) is 0 Å². The van der Waals surface area contributed by atoms with Gasteiger partial charge in [0, 0.05) is 4.88 Å². The SMILES string of the molecule is CCOC(=O)C1=NN(c2ccccc2)C2=NC(C)=C(C(=O)OC)[C@H](c3cccs3)N12. The third kappa shape index (κ3) is 3.26. The number of hydrogen-bond acceptors (Lipinski definition) is 9. The molecule has 0 fully saturated rings. The number of nitrogens with zero attached hydrogens (tertiary/aromatic N) is 4. The molecule has 1 aromatic carbocycles. The number of benzene rings is 1. The summed E-state index contributed by atoms with van der Waals surface area (Å²) in [7, 11) is 1.33. The quantitative estimate of drug-likeness (QED) is 0.685. The third-order valence-corrected chi connectivity index (χ3v) is 5.62. The summed E-state index contributed by atoms with van der Waals surface area (Å²) < 4.78 is 10.3. The van der Waals surface area contributed by atoms with E-state index >= 15 is 0 Å². The molecule has 8 nitrogen and oxygen atoms in total. The fourth-order valence-electron chi connectivity index (χ4n) is 3.42. The topological polar surface area (TPSA) is 83.8 Å². The highest BCUT2D eigenvalue weighted by Crippen LogP contribution is 2.41. The van der Waals surface area contributed by atoms with Crippen molar-refractivity contribution >= 4 is 40.8 Å². The van der Waals surface area contributed by atoms with Gasteiger partial charge in [-0.15, -0.1) is 16.4 Å². The van der Waals surface area contributed by atoms with E-state index in [0.29, 0.717) is 17.2 Å². The molecule has 2 aromatic rings. The molecule has 0 saturated carbocycles. The molecule has 30 heavy (non-hydrogen) atoms. The predicted molar refractivity (Wildman–Crippen MR) is 114 cm³/mol. The van der Waals surface area contributed by atoms with Crippen molar-refractivity contribution in [3.8, 4) is 0 Å². The van der Waals surface area contributed by atoms with Gasteiger partial charge in [-0.3, -0.25) is 4.90 Å². The maximum atomic E-state index is 12.8. The maximum Gasteiger partial charge on any atom is 0.376 e. The van der Waals surface area contributed by atoms with Crippen LogP contribution in [0.1, 0.15) is 24.8 Å². The number of ether oxygens (including phenoxy) is 2. The van der Waals surface area contributed by atoms with E-state index < -0.39 is 18.0 Å². The fourth-order valence-corrected chi connectivity index (χ4v) is 4.25. The van der Waals surface area contributed by atoms with Gasteiger partial charge in [0.2, 0.25) is 11.8 Å². The number of para-hydroxylation sites is 1. The molecular formula is C21H20N4O4S. The summed E-state index contributed by atoms with van der Waals surface area (Å²) in [5.74, 6) is -0.608. The van der Waals surface area contributed by atoms with Gasteiger partial charge >= 0.3 is 11.9 Å². The zero-order chi connectivity index (χ0) is 21.3. The number of carbonyl (C=O) groups excluding carboxylic acids is 2. The van der Waals surface area contributed by atoms with E-state index in [1.807, 2.05) is 47.8 Å². The largest absolute Gasteiger partial charge is 0.466 e. The minimum absolute atomic E-state index is 0.0618. The summed E-state index contributed by atoms with van der Waals surface area (Å²) in [6.45, 7) is 3.68. The molecule has 1 atom stereocenters. The first-order valence-electron chi connectivity index (χ1n) is 9.38. The van der Waals surface area contributed by atoms with E-state index in [1.54, 1.807) is 23.8 Å². The molecule has 1 aromatic heterocycles. The number of amidine groups is 1. The van der Waals surface area contributed by atoms with Crippen LogP contribution in [0.2, 0.25) is 0 Å². The second-order valence-electron chi connectivity index (χ2n) is 6.48. The molecule has 0 radical (unpaired) electrons. The van der Waals surface area contributed by atoms with Crippen molar-refractivity contribution in [2.75, 3.05) is 18.7 Å². The van der Waals surface area contributed by atoms with Gasteiger partial charge in [0.1, 0.15) is 6.04 Å². The molecule has 0 spiro atoms. The van der Waals surface area contributed by atoms with Crippen molar-refractivity contribution in [2.24, 2.45) is 10.1 Å². The Morgan fingerprint density at radius 1 is 1.13 bits per heavy atom. The van der Waals surface area contributed by atoms with E-state index in [1.165, 1.54) is 18.4 Å². The van der Waals surface area contributed by atoms with Crippen molar-refractivity contribution in [3.05, 3.63) is 64.0 Å². The number of methoxy groups -OCH3 is 1. The molecule has 2 aliphatic rings. The second kappa shape index (κ2) is 8.11. The lowest BCUT2D eigenvalue weighted by molar-refractivity contribution is -0.138. The molecule has 9 heteroatoms. The average molecular weight is 424 g/mol. The fraction of sp³-hybridized carbons (Fsp3) is 0.238. The van der Waals surface area contributed by atoms with Crippen molar-refractivity contribution in [2.45, 2.75) is 19.9 Å². The van der Waals surface area contributed by atoms with E-state index in [2.05, 4.69) is 10.1 Å². The minimum atomic E-state index is -0.609. The van der Waals surface area contributed by atoms with E-state index in [4.69, 9.17) is 9.47 Å². The van der Waals surface area contributed by atoms with Crippen LogP contribution in [0, 0.1) is 0 Å². The molecule has 4 rings (SSSR count). The molecule has 0 amide bonds. The highest BCUT2D eigenvalue weighted by molar-refractivity contribution is 7.10. The van der Waals surface area contributed by atoms with Gasteiger partial charge in [0.25, 0.3) is 0 Å². The molecule has 0 aliphatic carbocycles. The highest BCUT2D eigenvalue weighted by atomic mass is 32.1.